The van der Waals surface area contributed by atoms with Crippen LogP contribution in [0, 0.1) is 5.92 Å². The summed E-state index contributed by atoms with van der Waals surface area (Å²) in [5, 5.41) is 0. The summed E-state index contributed by atoms with van der Waals surface area (Å²) in [6.45, 7) is 11.3. The van der Waals surface area contributed by atoms with Crippen LogP contribution in [0.5, 0.6) is 0 Å². The average Bonchev–Trinajstić information content (AvgIpc) is 2.55. The highest BCUT2D eigenvalue weighted by Gasteiger charge is 2.31. The third-order valence-electron chi connectivity index (χ3n) is 4.14. The number of aliphatic imine (C=N–C) groups is 1. The largest absolute Gasteiger partial charge is 0.318 e. The molecule has 0 aromatic carbocycles. The lowest BCUT2D eigenvalue weighted by Gasteiger charge is -2.33. The van der Waals surface area contributed by atoms with Crippen LogP contribution in [0.15, 0.2) is 77.4 Å². The van der Waals surface area contributed by atoms with Gasteiger partial charge in [0.2, 0.25) is 0 Å². The average molecular weight is 316 g/mol. The van der Waals surface area contributed by atoms with Gasteiger partial charge in [0.15, 0.2) is 5.83 Å². The first-order valence-electron chi connectivity index (χ1n) is 7.72. The fraction of sp³-hybridized carbons (Fsp3) is 0.316. The standard InChI is InChI=1S/C19H22F2N2/c1-5-7-8-15-9-10-16(19(21)18(15)20)17(6-2)23-12-11-22-13(3)14(23)4/h5-6,9,11-12,16H,1,4,7-8,10H2,2-3H3/b17-6-. The molecule has 2 aliphatic rings. The van der Waals surface area contributed by atoms with Gasteiger partial charge in [-0.3, -0.25) is 4.99 Å². The number of hydrogen-bond donors (Lipinski definition) is 0. The van der Waals surface area contributed by atoms with E-state index in [4.69, 9.17) is 0 Å². The quantitative estimate of drug-likeness (QED) is 0.593. The maximum absolute atomic E-state index is 14.6. The zero-order chi connectivity index (χ0) is 17.0. The van der Waals surface area contributed by atoms with Gasteiger partial charge in [-0.1, -0.05) is 24.8 Å². The second-order valence-electron chi connectivity index (χ2n) is 5.55. The number of nitrogens with zero attached hydrogens (tertiary/aromatic N) is 2. The van der Waals surface area contributed by atoms with Gasteiger partial charge in [-0.15, -0.1) is 6.58 Å². The number of rotatable bonds is 5. The van der Waals surface area contributed by atoms with Crippen molar-refractivity contribution in [2.45, 2.75) is 33.1 Å². The van der Waals surface area contributed by atoms with E-state index in [-0.39, 0.29) is 0 Å². The molecule has 1 aliphatic carbocycles. The van der Waals surface area contributed by atoms with E-state index >= 15 is 0 Å². The molecule has 0 aromatic heterocycles. The minimum Gasteiger partial charge on any atom is -0.318 e. The van der Waals surface area contributed by atoms with Crippen LogP contribution in [0.25, 0.3) is 0 Å². The Morgan fingerprint density at radius 3 is 2.87 bits per heavy atom. The molecule has 0 saturated heterocycles. The van der Waals surface area contributed by atoms with Crippen molar-refractivity contribution in [2.24, 2.45) is 10.9 Å². The molecule has 0 saturated carbocycles. The fourth-order valence-electron chi connectivity index (χ4n) is 2.78. The SMILES string of the molecule is C=CCCC1=CCC(/C(=C/C)N2C=CN=C(C)C2=C)C(F)=C1F. The van der Waals surface area contributed by atoms with Gasteiger partial charge in [0.05, 0.1) is 17.3 Å². The summed E-state index contributed by atoms with van der Waals surface area (Å²) in [5.41, 5.74) is 2.54. The molecule has 4 heteroatoms. The molecule has 0 amide bonds. The zero-order valence-electron chi connectivity index (χ0n) is 13.6. The van der Waals surface area contributed by atoms with Crippen molar-refractivity contribution in [1.29, 1.82) is 0 Å². The van der Waals surface area contributed by atoms with E-state index in [0.717, 1.165) is 5.71 Å². The lowest BCUT2D eigenvalue weighted by atomic mass is 9.89. The minimum absolute atomic E-state index is 0.430. The first-order valence-corrected chi connectivity index (χ1v) is 7.72. The van der Waals surface area contributed by atoms with E-state index in [1.54, 1.807) is 35.5 Å². The van der Waals surface area contributed by atoms with Gasteiger partial charge in [0, 0.05) is 18.1 Å². The van der Waals surface area contributed by atoms with Crippen molar-refractivity contribution >= 4 is 5.71 Å². The van der Waals surface area contributed by atoms with Crippen LogP contribution >= 0.6 is 0 Å². The van der Waals surface area contributed by atoms with Crippen LogP contribution < -0.4 is 0 Å². The predicted octanol–water partition coefficient (Wildman–Crippen LogP) is 5.71. The molecule has 1 unspecified atom stereocenters. The Morgan fingerprint density at radius 1 is 1.48 bits per heavy atom. The highest BCUT2D eigenvalue weighted by molar-refractivity contribution is 5.98. The number of halogens is 2. The minimum atomic E-state index is -0.737. The molecule has 1 aliphatic heterocycles. The van der Waals surface area contributed by atoms with Crippen LogP contribution in [-0.2, 0) is 0 Å². The molecule has 1 heterocycles. The molecule has 23 heavy (non-hydrogen) atoms. The Labute approximate surface area is 136 Å². The Balaban J connectivity index is 2.27. The Kier molecular flexibility index (Phi) is 5.48. The molecule has 2 rings (SSSR count). The molecule has 0 spiro atoms. The van der Waals surface area contributed by atoms with Crippen molar-refractivity contribution < 1.29 is 8.78 Å². The zero-order valence-corrected chi connectivity index (χ0v) is 13.6. The maximum atomic E-state index is 14.6. The molecule has 1 atom stereocenters. The van der Waals surface area contributed by atoms with E-state index in [0.29, 0.717) is 36.2 Å². The Hall–Kier alpha value is -2.23. The lowest BCUT2D eigenvalue weighted by Crippen LogP contribution is -2.27. The van der Waals surface area contributed by atoms with Gasteiger partial charge in [-0.25, -0.2) is 8.78 Å². The number of hydrogen-bond acceptors (Lipinski definition) is 2. The summed E-state index contributed by atoms with van der Waals surface area (Å²) in [5.74, 6) is -2.08. The van der Waals surface area contributed by atoms with E-state index in [1.165, 1.54) is 0 Å². The summed E-state index contributed by atoms with van der Waals surface area (Å²) in [6, 6.07) is 0. The van der Waals surface area contributed by atoms with Gasteiger partial charge in [-0.2, -0.15) is 0 Å². The molecule has 122 valence electrons. The molecule has 2 nitrogen and oxygen atoms in total. The summed E-state index contributed by atoms with van der Waals surface area (Å²) in [4.78, 5) is 5.95. The monoisotopic (exact) mass is 316 g/mol. The van der Waals surface area contributed by atoms with Crippen LogP contribution in [0.1, 0.15) is 33.1 Å². The molecular weight excluding hydrogens is 294 g/mol. The highest BCUT2D eigenvalue weighted by Crippen LogP contribution is 2.40. The van der Waals surface area contributed by atoms with Gasteiger partial charge < -0.3 is 4.90 Å². The molecule has 0 fully saturated rings. The second kappa shape index (κ2) is 7.36. The number of allylic oxidation sites excluding steroid dienone is 7. The molecular formula is C19H22F2N2. The third kappa shape index (κ3) is 3.41. The van der Waals surface area contributed by atoms with Crippen LogP contribution in [0.2, 0.25) is 0 Å². The Bertz CT molecular complexity index is 663. The van der Waals surface area contributed by atoms with E-state index in [1.807, 2.05) is 13.8 Å². The van der Waals surface area contributed by atoms with Gasteiger partial charge in [0.1, 0.15) is 5.83 Å². The van der Waals surface area contributed by atoms with Gasteiger partial charge >= 0.3 is 0 Å². The first kappa shape index (κ1) is 17.1. The van der Waals surface area contributed by atoms with Gasteiger partial charge in [0.25, 0.3) is 0 Å². The first-order chi connectivity index (χ1) is 11.0. The van der Waals surface area contributed by atoms with Crippen molar-refractivity contribution in [2.75, 3.05) is 0 Å². The topological polar surface area (TPSA) is 15.6 Å². The van der Waals surface area contributed by atoms with Crippen LogP contribution in [0.3, 0.4) is 0 Å². The second-order valence-corrected chi connectivity index (χ2v) is 5.55. The lowest BCUT2D eigenvalue weighted by molar-refractivity contribution is 0.400. The fourth-order valence-corrected chi connectivity index (χ4v) is 2.78. The van der Waals surface area contributed by atoms with Crippen LogP contribution in [0.4, 0.5) is 8.78 Å². The van der Waals surface area contributed by atoms with Crippen LogP contribution in [-0.4, -0.2) is 10.6 Å². The van der Waals surface area contributed by atoms with Crippen molar-refractivity contribution in [3.05, 3.63) is 72.4 Å². The maximum Gasteiger partial charge on any atom is 0.158 e. The summed E-state index contributed by atoms with van der Waals surface area (Å²) < 4.78 is 29.0. The molecule has 0 radical (unpaired) electrons. The molecule has 0 N–H and O–H groups in total. The van der Waals surface area contributed by atoms with E-state index in [9.17, 15) is 8.78 Å². The molecule has 0 bridgehead atoms. The normalized spacial score (nSPS) is 22.3. The Morgan fingerprint density at radius 2 is 2.22 bits per heavy atom. The van der Waals surface area contributed by atoms with Crippen molar-refractivity contribution in [1.82, 2.24) is 4.90 Å². The predicted molar refractivity (Wildman–Crippen MR) is 91.8 cm³/mol. The van der Waals surface area contributed by atoms with Crippen molar-refractivity contribution in [3.63, 3.8) is 0 Å². The summed E-state index contributed by atoms with van der Waals surface area (Å²) in [6.07, 6.45) is 10.2. The smallest absolute Gasteiger partial charge is 0.158 e. The van der Waals surface area contributed by atoms with Gasteiger partial charge in [-0.05, 0) is 38.7 Å². The van der Waals surface area contributed by atoms with Crippen molar-refractivity contribution in [3.8, 4) is 0 Å². The van der Waals surface area contributed by atoms with E-state index in [2.05, 4.69) is 18.2 Å². The third-order valence-corrected chi connectivity index (χ3v) is 4.14. The summed E-state index contributed by atoms with van der Waals surface area (Å²) in [7, 11) is 0. The summed E-state index contributed by atoms with van der Waals surface area (Å²) >= 11 is 0. The van der Waals surface area contributed by atoms with E-state index < -0.39 is 17.6 Å². The molecule has 0 aromatic rings. The highest BCUT2D eigenvalue weighted by atomic mass is 19.2.